The summed E-state index contributed by atoms with van der Waals surface area (Å²) in [5, 5.41) is 9.81. The molecule has 2 bridgehead atoms. The van der Waals surface area contributed by atoms with Crippen LogP contribution in [0.5, 0.6) is 0 Å². The van der Waals surface area contributed by atoms with Crippen molar-refractivity contribution in [3.8, 4) is 0 Å². The highest BCUT2D eigenvalue weighted by Gasteiger charge is 2.45. The number of nitrogens with two attached hydrogens (primary N) is 1. The highest BCUT2D eigenvalue weighted by atomic mass is 35.5. The molecule has 1 saturated carbocycles. The van der Waals surface area contributed by atoms with E-state index < -0.39 is 5.60 Å². The molecule has 0 heterocycles. The van der Waals surface area contributed by atoms with E-state index in [2.05, 4.69) is 12.2 Å². The molecular weight excluding hydrogens is 162 g/mol. The maximum Gasteiger partial charge on any atom is 0.0837 e. The molecule has 0 aromatic rings. The third-order valence-electron chi connectivity index (χ3n) is 2.83. The van der Waals surface area contributed by atoms with Crippen molar-refractivity contribution in [3.63, 3.8) is 0 Å². The van der Waals surface area contributed by atoms with Crippen LogP contribution < -0.4 is 5.73 Å². The van der Waals surface area contributed by atoms with Crippen LogP contribution in [0.4, 0.5) is 0 Å². The lowest BCUT2D eigenvalue weighted by molar-refractivity contribution is 0.0240. The molecule has 3 unspecified atom stereocenters. The van der Waals surface area contributed by atoms with E-state index in [1.54, 1.807) is 0 Å². The van der Waals surface area contributed by atoms with E-state index in [-0.39, 0.29) is 12.4 Å². The van der Waals surface area contributed by atoms with E-state index in [0.717, 1.165) is 12.8 Å². The molecule has 2 aliphatic carbocycles. The van der Waals surface area contributed by atoms with Crippen molar-refractivity contribution in [1.29, 1.82) is 0 Å². The minimum Gasteiger partial charge on any atom is -0.388 e. The summed E-state index contributed by atoms with van der Waals surface area (Å²) in [6.45, 7) is 0.415. The fourth-order valence-electron chi connectivity index (χ4n) is 2.16. The van der Waals surface area contributed by atoms with Gasteiger partial charge in [-0.15, -0.1) is 12.4 Å². The molecule has 64 valence electrons. The van der Waals surface area contributed by atoms with Gasteiger partial charge in [0.2, 0.25) is 0 Å². The SMILES string of the molecule is Cl.NCC1(O)CC2C=CC1C2. The number of rotatable bonds is 1. The molecule has 0 aromatic carbocycles. The molecular formula is C8H14ClNO. The summed E-state index contributed by atoms with van der Waals surface area (Å²) >= 11 is 0. The molecule has 3 atom stereocenters. The van der Waals surface area contributed by atoms with Gasteiger partial charge in [-0.25, -0.2) is 0 Å². The highest BCUT2D eigenvalue weighted by Crippen LogP contribution is 2.45. The van der Waals surface area contributed by atoms with Crippen LogP contribution in [0, 0.1) is 11.8 Å². The Morgan fingerprint density at radius 3 is 2.55 bits per heavy atom. The normalized spacial score (nSPS) is 46.0. The van der Waals surface area contributed by atoms with E-state index in [0.29, 0.717) is 18.4 Å². The zero-order chi connectivity index (χ0) is 7.19. The lowest BCUT2D eigenvalue weighted by atomic mass is 9.89. The van der Waals surface area contributed by atoms with Gasteiger partial charge < -0.3 is 10.8 Å². The average Bonchev–Trinajstić information content (AvgIpc) is 2.46. The van der Waals surface area contributed by atoms with Crippen molar-refractivity contribution < 1.29 is 5.11 Å². The van der Waals surface area contributed by atoms with Gasteiger partial charge in [-0.3, -0.25) is 0 Å². The maximum absolute atomic E-state index is 9.81. The predicted octanol–water partition coefficient (Wildman–Crippen LogP) is 0.694. The Labute approximate surface area is 72.9 Å². The van der Waals surface area contributed by atoms with Gasteiger partial charge >= 0.3 is 0 Å². The molecule has 11 heavy (non-hydrogen) atoms. The summed E-state index contributed by atoms with van der Waals surface area (Å²) in [6, 6.07) is 0. The van der Waals surface area contributed by atoms with Crippen molar-refractivity contribution in [2.24, 2.45) is 17.6 Å². The van der Waals surface area contributed by atoms with Crippen LogP contribution in [0.2, 0.25) is 0 Å². The molecule has 3 N–H and O–H groups in total. The molecule has 0 aliphatic heterocycles. The number of hydrogen-bond donors (Lipinski definition) is 2. The molecule has 3 heteroatoms. The number of fused-ring (bicyclic) bond motifs is 2. The third-order valence-corrected chi connectivity index (χ3v) is 2.83. The van der Waals surface area contributed by atoms with E-state index in [1.807, 2.05) is 0 Å². The zero-order valence-electron chi connectivity index (χ0n) is 6.36. The number of allylic oxidation sites excluding steroid dienone is 1. The number of aliphatic hydroxyl groups is 1. The third kappa shape index (κ3) is 1.19. The van der Waals surface area contributed by atoms with Crippen LogP contribution >= 0.6 is 12.4 Å². The number of hydrogen-bond acceptors (Lipinski definition) is 2. The standard InChI is InChI=1S/C8H13NO.ClH/c9-5-8(10)4-6-1-2-7(8)3-6;/h1-2,6-7,10H,3-5,9H2;1H. The zero-order valence-corrected chi connectivity index (χ0v) is 7.18. The molecule has 2 rings (SSSR count). The fraction of sp³-hybridized carbons (Fsp3) is 0.750. The van der Waals surface area contributed by atoms with Gasteiger partial charge in [0.15, 0.2) is 0 Å². The minimum atomic E-state index is -0.556. The monoisotopic (exact) mass is 175 g/mol. The Morgan fingerprint density at radius 1 is 1.55 bits per heavy atom. The molecule has 0 radical (unpaired) electrons. The smallest absolute Gasteiger partial charge is 0.0837 e. The van der Waals surface area contributed by atoms with Gasteiger partial charge in [-0.05, 0) is 18.8 Å². The van der Waals surface area contributed by atoms with Gasteiger partial charge in [0.1, 0.15) is 0 Å². The second kappa shape index (κ2) is 2.77. The summed E-state index contributed by atoms with van der Waals surface area (Å²) in [5.41, 5.74) is 4.91. The van der Waals surface area contributed by atoms with E-state index in [9.17, 15) is 5.11 Å². The van der Waals surface area contributed by atoms with Gasteiger partial charge in [0, 0.05) is 12.5 Å². The van der Waals surface area contributed by atoms with Crippen LogP contribution in [0.25, 0.3) is 0 Å². The van der Waals surface area contributed by atoms with Gasteiger partial charge in [0.05, 0.1) is 5.60 Å². The van der Waals surface area contributed by atoms with Gasteiger partial charge in [-0.1, -0.05) is 12.2 Å². The number of halogens is 1. The van der Waals surface area contributed by atoms with Crippen LogP contribution in [0.15, 0.2) is 12.2 Å². The molecule has 0 saturated heterocycles. The molecule has 2 nitrogen and oxygen atoms in total. The first-order valence-corrected chi connectivity index (χ1v) is 3.85. The first kappa shape index (κ1) is 9.04. The summed E-state index contributed by atoms with van der Waals surface area (Å²) < 4.78 is 0. The van der Waals surface area contributed by atoms with Crippen molar-refractivity contribution >= 4 is 12.4 Å². The maximum atomic E-state index is 9.81. The Kier molecular flexibility index (Phi) is 2.28. The molecule has 2 aliphatic rings. The highest BCUT2D eigenvalue weighted by molar-refractivity contribution is 5.85. The molecule has 0 spiro atoms. The average molecular weight is 176 g/mol. The first-order chi connectivity index (χ1) is 4.74. The fourth-order valence-corrected chi connectivity index (χ4v) is 2.16. The van der Waals surface area contributed by atoms with Crippen molar-refractivity contribution in [3.05, 3.63) is 12.2 Å². The van der Waals surface area contributed by atoms with Crippen LogP contribution in [0.3, 0.4) is 0 Å². The quantitative estimate of drug-likeness (QED) is 0.577. The first-order valence-electron chi connectivity index (χ1n) is 3.85. The Bertz CT molecular complexity index is 183. The van der Waals surface area contributed by atoms with Crippen molar-refractivity contribution in [2.75, 3.05) is 6.54 Å². The Morgan fingerprint density at radius 2 is 2.27 bits per heavy atom. The summed E-state index contributed by atoms with van der Waals surface area (Å²) in [7, 11) is 0. The lowest BCUT2D eigenvalue weighted by Crippen LogP contribution is -2.41. The molecule has 1 fully saturated rings. The Balaban J connectivity index is 0.000000605. The van der Waals surface area contributed by atoms with Crippen LogP contribution in [-0.4, -0.2) is 17.3 Å². The van der Waals surface area contributed by atoms with Gasteiger partial charge in [0.25, 0.3) is 0 Å². The second-order valence-electron chi connectivity index (χ2n) is 3.50. The van der Waals surface area contributed by atoms with Crippen molar-refractivity contribution in [2.45, 2.75) is 18.4 Å². The lowest BCUT2D eigenvalue weighted by Gasteiger charge is -2.27. The molecule has 0 amide bonds. The summed E-state index contributed by atoms with van der Waals surface area (Å²) in [6.07, 6.45) is 6.31. The second-order valence-corrected chi connectivity index (χ2v) is 3.50. The molecule has 0 aromatic heterocycles. The summed E-state index contributed by atoms with van der Waals surface area (Å²) in [5.74, 6) is 0.959. The predicted molar refractivity (Wildman–Crippen MR) is 46.6 cm³/mol. The largest absolute Gasteiger partial charge is 0.388 e. The summed E-state index contributed by atoms with van der Waals surface area (Å²) in [4.78, 5) is 0. The van der Waals surface area contributed by atoms with Crippen LogP contribution in [-0.2, 0) is 0 Å². The van der Waals surface area contributed by atoms with E-state index >= 15 is 0 Å². The van der Waals surface area contributed by atoms with Crippen molar-refractivity contribution in [1.82, 2.24) is 0 Å². The van der Waals surface area contributed by atoms with Gasteiger partial charge in [-0.2, -0.15) is 0 Å². The van der Waals surface area contributed by atoms with Crippen LogP contribution in [0.1, 0.15) is 12.8 Å². The topological polar surface area (TPSA) is 46.2 Å². The minimum absolute atomic E-state index is 0. The van der Waals surface area contributed by atoms with E-state index in [4.69, 9.17) is 5.73 Å². The van der Waals surface area contributed by atoms with E-state index in [1.165, 1.54) is 0 Å². The Hall–Kier alpha value is -0.0500.